The third-order valence-corrected chi connectivity index (χ3v) is 4.21. The number of carbonyl (C=O) groups excluding carboxylic acids is 1. The van der Waals surface area contributed by atoms with Crippen LogP contribution in [0.4, 0.5) is 5.69 Å². The molecule has 1 aromatic carbocycles. The van der Waals surface area contributed by atoms with E-state index in [0.29, 0.717) is 12.5 Å². The van der Waals surface area contributed by atoms with Crippen molar-refractivity contribution in [2.24, 2.45) is 5.92 Å². The van der Waals surface area contributed by atoms with Crippen molar-refractivity contribution in [1.82, 2.24) is 10.2 Å². The molecule has 4 nitrogen and oxygen atoms in total. The van der Waals surface area contributed by atoms with Crippen LogP contribution in [0.15, 0.2) is 18.2 Å². The topological polar surface area (TPSA) is 44.4 Å². The first-order valence-electron chi connectivity index (χ1n) is 7.83. The van der Waals surface area contributed by atoms with E-state index in [1.54, 1.807) is 0 Å². The Bertz CT molecular complexity index is 465. The molecule has 0 aromatic heterocycles. The molecule has 1 fully saturated rings. The normalized spacial score (nSPS) is 19.5. The van der Waals surface area contributed by atoms with Crippen LogP contribution >= 0.6 is 0 Å². The first kappa shape index (κ1) is 16.0. The molecule has 1 saturated heterocycles. The van der Waals surface area contributed by atoms with Crippen LogP contribution in [0.2, 0.25) is 0 Å². The second-order valence-corrected chi connectivity index (χ2v) is 6.12. The fraction of sp³-hybridized carbons (Fsp3) is 0.588. The molecule has 116 valence electrons. The summed E-state index contributed by atoms with van der Waals surface area (Å²) in [6.07, 6.45) is 2.44. The number of para-hydroxylation sites is 1. The number of benzene rings is 1. The number of aryl methyl sites for hydroxylation is 2. The zero-order valence-electron chi connectivity index (χ0n) is 13.4. The molecular weight excluding hydrogens is 262 g/mol. The molecule has 21 heavy (non-hydrogen) atoms. The Morgan fingerprint density at radius 1 is 1.33 bits per heavy atom. The van der Waals surface area contributed by atoms with Gasteiger partial charge in [-0.2, -0.15) is 0 Å². The van der Waals surface area contributed by atoms with Crippen molar-refractivity contribution in [2.75, 3.05) is 38.5 Å². The lowest BCUT2D eigenvalue weighted by molar-refractivity contribution is -0.117. The van der Waals surface area contributed by atoms with E-state index in [1.165, 1.54) is 12.8 Å². The van der Waals surface area contributed by atoms with Crippen molar-refractivity contribution in [2.45, 2.75) is 26.7 Å². The van der Waals surface area contributed by atoms with Gasteiger partial charge in [0.2, 0.25) is 5.91 Å². The Hall–Kier alpha value is -1.39. The summed E-state index contributed by atoms with van der Waals surface area (Å²) in [5, 5.41) is 6.32. The maximum Gasteiger partial charge on any atom is 0.238 e. The van der Waals surface area contributed by atoms with E-state index in [0.717, 1.165) is 36.4 Å². The molecule has 1 aliphatic heterocycles. The van der Waals surface area contributed by atoms with Crippen LogP contribution in [-0.4, -0.2) is 44.0 Å². The number of hydrogen-bond donors (Lipinski definition) is 2. The van der Waals surface area contributed by atoms with Gasteiger partial charge in [-0.15, -0.1) is 0 Å². The predicted octanol–water partition coefficient (Wildman–Crippen LogP) is 2.17. The van der Waals surface area contributed by atoms with Crippen molar-refractivity contribution in [3.8, 4) is 0 Å². The molecule has 1 aliphatic rings. The number of rotatable bonds is 5. The Morgan fingerprint density at radius 3 is 2.71 bits per heavy atom. The van der Waals surface area contributed by atoms with Crippen molar-refractivity contribution in [3.05, 3.63) is 29.3 Å². The van der Waals surface area contributed by atoms with Gasteiger partial charge in [-0.25, -0.2) is 0 Å². The maximum absolute atomic E-state index is 12.3. The van der Waals surface area contributed by atoms with Gasteiger partial charge < -0.3 is 10.6 Å². The van der Waals surface area contributed by atoms with E-state index < -0.39 is 0 Å². The molecule has 2 N–H and O–H groups in total. The highest BCUT2D eigenvalue weighted by molar-refractivity contribution is 5.93. The fourth-order valence-corrected chi connectivity index (χ4v) is 3.14. The maximum atomic E-state index is 12.3. The van der Waals surface area contributed by atoms with Gasteiger partial charge in [0.05, 0.1) is 6.54 Å². The number of carbonyl (C=O) groups is 1. The van der Waals surface area contributed by atoms with Gasteiger partial charge in [0.1, 0.15) is 0 Å². The Labute approximate surface area is 127 Å². The molecule has 0 spiro atoms. The molecule has 0 aliphatic carbocycles. The van der Waals surface area contributed by atoms with Crippen LogP contribution in [0.3, 0.4) is 0 Å². The first-order valence-corrected chi connectivity index (χ1v) is 7.83. The largest absolute Gasteiger partial charge is 0.324 e. The van der Waals surface area contributed by atoms with Crippen LogP contribution < -0.4 is 10.6 Å². The van der Waals surface area contributed by atoms with Crippen LogP contribution in [0.1, 0.15) is 24.0 Å². The highest BCUT2D eigenvalue weighted by atomic mass is 16.2. The molecule has 2 rings (SSSR count). The average Bonchev–Trinajstić information content (AvgIpc) is 2.44. The smallest absolute Gasteiger partial charge is 0.238 e. The summed E-state index contributed by atoms with van der Waals surface area (Å²) in [4.78, 5) is 14.6. The number of amides is 1. The second kappa shape index (κ2) is 7.57. The monoisotopic (exact) mass is 289 g/mol. The lowest BCUT2D eigenvalue weighted by atomic mass is 9.98. The molecule has 0 saturated carbocycles. The average molecular weight is 289 g/mol. The molecule has 1 atom stereocenters. The summed E-state index contributed by atoms with van der Waals surface area (Å²) < 4.78 is 0. The van der Waals surface area contributed by atoms with E-state index in [9.17, 15) is 4.79 Å². The fourth-order valence-electron chi connectivity index (χ4n) is 3.14. The standard InChI is InChI=1S/C17H27N3O/c1-13-6-4-7-14(2)17(13)19-16(21)12-20-9-5-8-15(11-20)10-18-3/h4,6-7,15,18H,5,8-12H2,1-3H3,(H,19,21). The zero-order valence-corrected chi connectivity index (χ0v) is 13.4. The highest BCUT2D eigenvalue weighted by Crippen LogP contribution is 2.20. The number of hydrogen-bond acceptors (Lipinski definition) is 3. The van der Waals surface area contributed by atoms with Gasteiger partial charge in [0.15, 0.2) is 0 Å². The number of likely N-dealkylation sites (tertiary alicyclic amines) is 1. The van der Waals surface area contributed by atoms with Gasteiger partial charge in [0.25, 0.3) is 0 Å². The number of piperidine rings is 1. The molecular formula is C17H27N3O. The minimum Gasteiger partial charge on any atom is -0.324 e. The first-order chi connectivity index (χ1) is 10.1. The van der Waals surface area contributed by atoms with Gasteiger partial charge in [-0.05, 0) is 63.9 Å². The van der Waals surface area contributed by atoms with Crippen molar-refractivity contribution in [1.29, 1.82) is 0 Å². The van der Waals surface area contributed by atoms with Gasteiger partial charge >= 0.3 is 0 Å². The molecule has 0 bridgehead atoms. The van der Waals surface area contributed by atoms with Crippen molar-refractivity contribution >= 4 is 11.6 Å². The van der Waals surface area contributed by atoms with Crippen LogP contribution in [-0.2, 0) is 4.79 Å². The Morgan fingerprint density at radius 2 is 2.05 bits per heavy atom. The summed E-state index contributed by atoms with van der Waals surface area (Å²) in [7, 11) is 1.99. The van der Waals surface area contributed by atoms with Crippen LogP contribution in [0.25, 0.3) is 0 Å². The lowest BCUT2D eigenvalue weighted by Crippen LogP contribution is -2.42. The molecule has 1 amide bonds. The van der Waals surface area contributed by atoms with Crippen molar-refractivity contribution in [3.63, 3.8) is 0 Å². The summed E-state index contributed by atoms with van der Waals surface area (Å²) >= 11 is 0. The van der Waals surface area contributed by atoms with Crippen LogP contribution in [0, 0.1) is 19.8 Å². The Kier molecular flexibility index (Phi) is 5.76. The molecule has 1 unspecified atom stereocenters. The summed E-state index contributed by atoms with van der Waals surface area (Å²) in [6, 6.07) is 6.09. The van der Waals surface area contributed by atoms with Crippen molar-refractivity contribution < 1.29 is 4.79 Å². The van der Waals surface area contributed by atoms with E-state index in [4.69, 9.17) is 0 Å². The Balaban J connectivity index is 1.89. The molecule has 1 heterocycles. The van der Waals surface area contributed by atoms with Gasteiger partial charge in [0, 0.05) is 12.2 Å². The van der Waals surface area contributed by atoms with E-state index in [-0.39, 0.29) is 5.91 Å². The van der Waals surface area contributed by atoms with E-state index in [2.05, 4.69) is 15.5 Å². The quantitative estimate of drug-likeness (QED) is 0.873. The van der Waals surface area contributed by atoms with E-state index >= 15 is 0 Å². The molecule has 0 radical (unpaired) electrons. The molecule has 4 heteroatoms. The lowest BCUT2D eigenvalue weighted by Gasteiger charge is -2.32. The van der Waals surface area contributed by atoms with Crippen LogP contribution in [0.5, 0.6) is 0 Å². The third-order valence-electron chi connectivity index (χ3n) is 4.21. The van der Waals surface area contributed by atoms with Gasteiger partial charge in [-0.3, -0.25) is 9.69 Å². The number of nitrogens with zero attached hydrogens (tertiary/aromatic N) is 1. The minimum atomic E-state index is 0.0949. The summed E-state index contributed by atoms with van der Waals surface area (Å²) in [5.41, 5.74) is 3.20. The second-order valence-electron chi connectivity index (χ2n) is 6.12. The summed E-state index contributed by atoms with van der Waals surface area (Å²) in [5.74, 6) is 0.759. The molecule has 1 aromatic rings. The van der Waals surface area contributed by atoms with Gasteiger partial charge in [-0.1, -0.05) is 18.2 Å². The summed E-state index contributed by atoms with van der Waals surface area (Å²) in [6.45, 7) is 7.64. The highest BCUT2D eigenvalue weighted by Gasteiger charge is 2.21. The minimum absolute atomic E-state index is 0.0949. The predicted molar refractivity (Wildman–Crippen MR) is 87.6 cm³/mol. The van der Waals surface area contributed by atoms with E-state index in [1.807, 2.05) is 39.1 Å². The number of anilines is 1. The SMILES string of the molecule is CNCC1CCCN(CC(=O)Nc2c(C)cccc2C)C1. The third kappa shape index (κ3) is 4.55. The zero-order chi connectivity index (χ0) is 15.2. The number of nitrogens with one attached hydrogen (secondary N) is 2.